The van der Waals surface area contributed by atoms with E-state index in [1.807, 2.05) is 0 Å². The van der Waals surface area contributed by atoms with Crippen molar-refractivity contribution in [1.29, 1.82) is 0 Å². The summed E-state index contributed by atoms with van der Waals surface area (Å²) in [6, 6.07) is 13.0. The minimum Gasteiger partial charge on any atom is -0.355 e. The summed E-state index contributed by atoms with van der Waals surface area (Å²) in [5.74, 6) is -0.860. The Balaban J connectivity index is 2.25. The number of carbonyl (C=O) groups is 2. The fourth-order valence-electron chi connectivity index (χ4n) is 2.22. The van der Waals surface area contributed by atoms with Crippen LogP contribution in [0, 0.1) is 0 Å². The fourth-order valence-corrected chi connectivity index (χ4v) is 3.01. The highest BCUT2D eigenvalue weighted by molar-refractivity contribution is 7.89. The van der Waals surface area contributed by atoms with E-state index in [1.54, 1.807) is 42.5 Å². The van der Waals surface area contributed by atoms with Crippen molar-refractivity contribution >= 4 is 27.3 Å². The smallest absolute Gasteiger partial charge is 0.255 e. The lowest BCUT2D eigenvalue weighted by molar-refractivity contribution is 0.0964. The number of anilines is 1. The summed E-state index contributed by atoms with van der Waals surface area (Å²) in [5, 5.41) is 5.20. The molecule has 0 bridgehead atoms. The lowest BCUT2D eigenvalue weighted by Gasteiger charge is -2.10. The van der Waals surface area contributed by atoms with E-state index in [0.717, 1.165) is 6.26 Å². The van der Waals surface area contributed by atoms with Gasteiger partial charge in [0, 0.05) is 18.9 Å². The molecule has 2 amide bonds. The summed E-state index contributed by atoms with van der Waals surface area (Å²) in [5.41, 5.74) is 1.59. The summed E-state index contributed by atoms with van der Waals surface area (Å²) in [4.78, 5) is 24.2. The first kappa shape index (κ1) is 17.7. The average molecular weight is 346 g/mol. The van der Waals surface area contributed by atoms with Gasteiger partial charge in [-0.15, -0.1) is 0 Å². The topological polar surface area (TPSA) is 92.3 Å². The molecule has 2 rings (SSSR count). The van der Waals surface area contributed by atoms with Crippen molar-refractivity contribution < 1.29 is 18.0 Å². The predicted octanol–water partition coefficient (Wildman–Crippen LogP) is 1.84. The molecule has 126 valence electrons. The summed E-state index contributed by atoms with van der Waals surface area (Å²) in [6.07, 6.45) is 1.14. The molecule has 2 aromatic carbocycles. The van der Waals surface area contributed by atoms with E-state index in [-0.39, 0.29) is 11.7 Å². The molecule has 0 saturated carbocycles. The molecule has 24 heavy (non-hydrogen) atoms. The van der Waals surface area contributed by atoms with Crippen LogP contribution < -0.4 is 10.6 Å². The Kier molecular flexibility index (Phi) is 5.35. The Labute approximate surface area is 140 Å². The molecule has 0 heterocycles. The number of hydrogen-bond acceptors (Lipinski definition) is 4. The van der Waals surface area contributed by atoms with E-state index in [4.69, 9.17) is 0 Å². The predicted molar refractivity (Wildman–Crippen MR) is 92.8 cm³/mol. The average Bonchev–Trinajstić information content (AvgIpc) is 2.53. The maximum Gasteiger partial charge on any atom is 0.255 e. The van der Waals surface area contributed by atoms with Gasteiger partial charge in [0.05, 0.1) is 17.0 Å². The lowest BCUT2D eigenvalue weighted by Crippen LogP contribution is -2.21. The molecule has 0 aliphatic heterocycles. The van der Waals surface area contributed by atoms with Crippen molar-refractivity contribution in [3.63, 3.8) is 0 Å². The van der Waals surface area contributed by atoms with E-state index in [0.29, 0.717) is 22.4 Å². The van der Waals surface area contributed by atoms with Gasteiger partial charge in [0.1, 0.15) is 0 Å². The Morgan fingerprint density at radius 3 is 2.38 bits per heavy atom. The van der Waals surface area contributed by atoms with E-state index >= 15 is 0 Å². The Morgan fingerprint density at radius 2 is 1.71 bits per heavy atom. The molecule has 7 heteroatoms. The van der Waals surface area contributed by atoms with E-state index in [2.05, 4.69) is 10.6 Å². The number of sulfone groups is 1. The molecule has 0 spiro atoms. The highest BCUT2D eigenvalue weighted by atomic mass is 32.2. The summed E-state index contributed by atoms with van der Waals surface area (Å²) in [7, 11) is -1.67. The van der Waals surface area contributed by atoms with Crippen LogP contribution in [-0.2, 0) is 15.6 Å². The minimum atomic E-state index is -3.18. The number of para-hydroxylation sites is 1. The maximum atomic E-state index is 12.4. The first-order valence-corrected chi connectivity index (χ1v) is 9.25. The van der Waals surface area contributed by atoms with Crippen molar-refractivity contribution in [2.45, 2.75) is 5.75 Å². The molecule has 2 N–H and O–H groups in total. The van der Waals surface area contributed by atoms with Crippen LogP contribution in [0.1, 0.15) is 26.3 Å². The molecule has 0 atom stereocenters. The van der Waals surface area contributed by atoms with Gasteiger partial charge in [-0.2, -0.15) is 0 Å². The van der Waals surface area contributed by atoms with Crippen LogP contribution in [0.2, 0.25) is 0 Å². The van der Waals surface area contributed by atoms with Gasteiger partial charge >= 0.3 is 0 Å². The maximum absolute atomic E-state index is 12.4. The second-order valence-corrected chi connectivity index (χ2v) is 7.49. The van der Waals surface area contributed by atoms with Gasteiger partial charge in [-0.3, -0.25) is 9.59 Å². The van der Waals surface area contributed by atoms with E-state index in [9.17, 15) is 18.0 Å². The lowest BCUT2D eigenvalue weighted by atomic mass is 10.1. The molecule has 0 fully saturated rings. The Bertz CT molecular complexity index is 876. The number of hydrogen-bond donors (Lipinski definition) is 2. The SMILES string of the molecule is CNC(=O)c1ccccc1NC(=O)c1cccc(CS(C)(=O)=O)c1. The van der Waals surface area contributed by atoms with E-state index in [1.165, 1.54) is 13.1 Å². The van der Waals surface area contributed by atoms with Gasteiger partial charge in [-0.1, -0.05) is 24.3 Å². The highest BCUT2D eigenvalue weighted by Crippen LogP contribution is 2.17. The van der Waals surface area contributed by atoms with Gasteiger partial charge in [0.2, 0.25) is 0 Å². The third-order valence-electron chi connectivity index (χ3n) is 3.26. The molecule has 2 aromatic rings. The zero-order valence-corrected chi connectivity index (χ0v) is 14.2. The largest absolute Gasteiger partial charge is 0.355 e. The van der Waals surface area contributed by atoms with Crippen LogP contribution in [0.4, 0.5) is 5.69 Å². The van der Waals surface area contributed by atoms with Crippen molar-refractivity contribution in [2.24, 2.45) is 0 Å². The van der Waals surface area contributed by atoms with Gasteiger partial charge in [0.25, 0.3) is 11.8 Å². The van der Waals surface area contributed by atoms with Crippen LogP contribution in [0.5, 0.6) is 0 Å². The zero-order valence-electron chi connectivity index (χ0n) is 13.4. The Hall–Kier alpha value is -2.67. The molecule has 0 aromatic heterocycles. The molecule has 0 radical (unpaired) electrons. The number of benzene rings is 2. The molecule has 6 nitrogen and oxygen atoms in total. The molecular formula is C17H18N2O4S. The van der Waals surface area contributed by atoms with Crippen LogP contribution >= 0.6 is 0 Å². The number of nitrogens with one attached hydrogen (secondary N) is 2. The second kappa shape index (κ2) is 7.27. The quantitative estimate of drug-likeness (QED) is 0.864. The van der Waals surface area contributed by atoms with Gasteiger partial charge in [0.15, 0.2) is 9.84 Å². The molecule has 0 unspecified atom stereocenters. The van der Waals surface area contributed by atoms with Crippen LogP contribution in [-0.4, -0.2) is 33.5 Å². The van der Waals surface area contributed by atoms with Gasteiger partial charge in [-0.25, -0.2) is 8.42 Å². The van der Waals surface area contributed by atoms with Crippen molar-refractivity contribution in [1.82, 2.24) is 5.32 Å². The molecule has 0 aliphatic rings. The Morgan fingerprint density at radius 1 is 1.00 bits per heavy atom. The second-order valence-electron chi connectivity index (χ2n) is 5.35. The van der Waals surface area contributed by atoms with Crippen LogP contribution in [0.3, 0.4) is 0 Å². The number of rotatable bonds is 5. The van der Waals surface area contributed by atoms with Crippen LogP contribution in [0.25, 0.3) is 0 Å². The summed E-state index contributed by atoms with van der Waals surface area (Å²) in [6.45, 7) is 0. The third kappa shape index (κ3) is 4.66. The van der Waals surface area contributed by atoms with E-state index < -0.39 is 15.7 Å². The monoisotopic (exact) mass is 346 g/mol. The number of carbonyl (C=O) groups excluding carboxylic acids is 2. The summed E-state index contributed by atoms with van der Waals surface area (Å²) >= 11 is 0. The number of amides is 2. The molecular weight excluding hydrogens is 328 g/mol. The van der Waals surface area contributed by atoms with Gasteiger partial charge < -0.3 is 10.6 Å². The first-order chi connectivity index (χ1) is 11.3. The first-order valence-electron chi connectivity index (χ1n) is 7.19. The van der Waals surface area contributed by atoms with Crippen molar-refractivity contribution in [3.8, 4) is 0 Å². The van der Waals surface area contributed by atoms with Gasteiger partial charge in [-0.05, 0) is 29.8 Å². The summed E-state index contributed by atoms with van der Waals surface area (Å²) < 4.78 is 22.8. The van der Waals surface area contributed by atoms with Crippen molar-refractivity contribution in [2.75, 3.05) is 18.6 Å². The van der Waals surface area contributed by atoms with Crippen LogP contribution in [0.15, 0.2) is 48.5 Å². The normalized spacial score (nSPS) is 10.9. The standard InChI is InChI=1S/C17H18N2O4S/c1-18-17(21)14-8-3-4-9-15(14)19-16(20)13-7-5-6-12(10-13)11-24(2,22)23/h3-10H,11H2,1-2H3,(H,18,21)(H,19,20). The minimum absolute atomic E-state index is 0.136. The third-order valence-corrected chi connectivity index (χ3v) is 4.12. The molecule has 0 aliphatic carbocycles. The highest BCUT2D eigenvalue weighted by Gasteiger charge is 2.14. The van der Waals surface area contributed by atoms with Crippen molar-refractivity contribution in [3.05, 3.63) is 65.2 Å². The zero-order chi connectivity index (χ0) is 17.7. The molecule has 0 saturated heterocycles. The fraction of sp³-hybridized carbons (Fsp3) is 0.176.